The van der Waals surface area contributed by atoms with Crippen LogP contribution in [-0.4, -0.2) is 11.8 Å². The smallest absolute Gasteiger partial charge is 0.0314 e. The highest BCUT2D eigenvalue weighted by atomic mass is 79.9. The van der Waals surface area contributed by atoms with Crippen molar-refractivity contribution in [3.05, 3.63) is 50.6 Å². The molecule has 1 atom stereocenters. The van der Waals surface area contributed by atoms with Gasteiger partial charge in [-0.25, -0.2) is 0 Å². The quantitative estimate of drug-likeness (QED) is 0.811. The fraction of sp³-hybridized carbons (Fsp3) is 0.286. The van der Waals surface area contributed by atoms with Crippen molar-refractivity contribution in [2.45, 2.75) is 24.3 Å². The van der Waals surface area contributed by atoms with Crippen molar-refractivity contribution in [2.75, 3.05) is 5.75 Å². The van der Waals surface area contributed by atoms with E-state index in [1.807, 2.05) is 11.8 Å². The number of rotatable bonds is 5. The molecule has 4 heteroatoms. The topological polar surface area (TPSA) is 26.0 Å². The van der Waals surface area contributed by atoms with Crippen LogP contribution >= 0.6 is 39.0 Å². The van der Waals surface area contributed by atoms with Crippen LogP contribution in [0.1, 0.15) is 10.4 Å². The van der Waals surface area contributed by atoms with Crippen molar-refractivity contribution in [3.63, 3.8) is 0 Å². The molecule has 2 rings (SSSR count). The maximum atomic E-state index is 6.18. The summed E-state index contributed by atoms with van der Waals surface area (Å²) in [6.07, 6.45) is 0.942. The monoisotopic (exact) mass is 341 g/mol. The number of thioether (sulfide) groups is 1. The molecule has 18 heavy (non-hydrogen) atoms. The van der Waals surface area contributed by atoms with Gasteiger partial charge in [-0.05, 0) is 52.9 Å². The molecule has 96 valence electrons. The number of benzene rings is 1. The summed E-state index contributed by atoms with van der Waals surface area (Å²) in [5.41, 5.74) is 7.47. The summed E-state index contributed by atoms with van der Waals surface area (Å²) < 4.78 is 1.18. The van der Waals surface area contributed by atoms with Gasteiger partial charge in [-0.15, -0.1) is 23.1 Å². The molecule has 0 saturated carbocycles. The van der Waals surface area contributed by atoms with Gasteiger partial charge >= 0.3 is 0 Å². The van der Waals surface area contributed by atoms with Crippen molar-refractivity contribution < 1.29 is 0 Å². The van der Waals surface area contributed by atoms with Crippen LogP contribution in [0.4, 0.5) is 0 Å². The van der Waals surface area contributed by atoms with E-state index in [1.54, 1.807) is 11.3 Å². The third-order valence-electron chi connectivity index (χ3n) is 2.62. The summed E-state index contributed by atoms with van der Waals surface area (Å²) >= 11 is 7.14. The van der Waals surface area contributed by atoms with Crippen molar-refractivity contribution in [3.8, 4) is 0 Å². The average Bonchev–Trinajstić information content (AvgIpc) is 2.74. The molecule has 1 aromatic carbocycles. The van der Waals surface area contributed by atoms with Crippen LogP contribution in [-0.2, 0) is 6.42 Å². The molecule has 1 heterocycles. The summed E-state index contributed by atoms with van der Waals surface area (Å²) in [5.74, 6) is 0.952. The number of aryl methyl sites for hydroxylation is 1. The summed E-state index contributed by atoms with van der Waals surface area (Å²) in [7, 11) is 0. The van der Waals surface area contributed by atoms with E-state index in [0.717, 1.165) is 12.2 Å². The molecule has 0 spiro atoms. The zero-order chi connectivity index (χ0) is 13.0. The van der Waals surface area contributed by atoms with Gasteiger partial charge in [-0.1, -0.05) is 17.7 Å². The zero-order valence-corrected chi connectivity index (χ0v) is 13.4. The highest BCUT2D eigenvalue weighted by molar-refractivity contribution is 9.10. The van der Waals surface area contributed by atoms with Crippen molar-refractivity contribution in [1.82, 2.24) is 0 Å². The summed E-state index contributed by atoms with van der Waals surface area (Å²) in [5, 5.41) is 2.10. The summed E-state index contributed by atoms with van der Waals surface area (Å²) in [6, 6.07) is 10.9. The molecular formula is C14H16BrNS2. The van der Waals surface area contributed by atoms with Gasteiger partial charge in [-0.3, -0.25) is 0 Å². The van der Waals surface area contributed by atoms with E-state index < -0.39 is 0 Å². The molecule has 2 N–H and O–H groups in total. The number of thiophene rings is 1. The Morgan fingerprint density at radius 2 is 2.00 bits per heavy atom. The lowest BCUT2D eigenvalue weighted by Crippen LogP contribution is -2.25. The Morgan fingerprint density at radius 3 is 2.61 bits per heavy atom. The first-order chi connectivity index (χ1) is 8.65. The van der Waals surface area contributed by atoms with E-state index >= 15 is 0 Å². The van der Waals surface area contributed by atoms with Crippen LogP contribution in [0.15, 0.2) is 45.1 Å². The largest absolute Gasteiger partial charge is 0.327 e. The molecule has 1 aromatic heterocycles. The minimum absolute atomic E-state index is 0.200. The Bertz CT molecular complexity index is 493. The van der Waals surface area contributed by atoms with Gasteiger partial charge in [-0.2, -0.15) is 0 Å². The first kappa shape index (κ1) is 14.1. The van der Waals surface area contributed by atoms with E-state index in [0.29, 0.717) is 0 Å². The van der Waals surface area contributed by atoms with Gasteiger partial charge in [0.15, 0.2) is 0 Å². The Labute approximate surface area is 125 Å². The SMILES string of the molecule is Cc1ccc(SCC(N)Cc2sccc2Br)cc1. The zero-order valence-electron chi connectivity index (χ0n) is 10.2. The van der Waals surface area contributed by atoms with Gasteiger partial charge in [0.25, 0.3) is 0 Å². The van der Waals surface area contributed by atoms with Crippen molar-refractivity contribution in [2.24, 2.45) is 5.73 Å². The maximum Gasteiger partial charge on any atom is 0.0314 e. The maximum absolute atomic E-state index is 6.18. The number of nitrogens with two attached hydrogens (primary N) is 1. The summed E-state index contributed by atoms with van der Waals surface area (Å²) in [6.45, 7) is 2.11. The molecule has 0 saturated heterocycles. The molecule has 0 radical (unpaired) electrons. The molecule has 0 aliphatic rings. The van der Waals surface area contributed by atoms with Crippen LogP contribution in [0.5, 0.6) is 0 Å². The normalized spacial score (nSPS) is 12.6. The van der Waals surface area contributed by atoms with Gasteiger partial charge in [0.1, 0.15) is 0 Å². The third-order valence-corrected chi connectivity index (χ3v) is 5.77. The molecule has 0 fully saturated rings. The van der Waals surface area contributed by atoms with Crippen LogP contribution < -0.4 is 5.73 Å². The predicted octanol–water partition coefficient (Wildman–Crippen LogP) is 4.48. The lowest BCUT2D eigenvalue weighted by atomic mass is 10.2. The lowest BCUT2D eigenvalue weighted by Gasteiger charge is -2.10. The Morgan fingerprint density at radius 1 is 1.28 bits per heavy atom. The second kappa shape index (κ2) is 6.75. The number of hydrogen-bond acceptors (Lipinski definition) is 3. The van der Waals surface area contributed by atoms with Crippen LogP contribution in [0.2, 0.25) is 0 Å². The molecule has 2 aromatic rings. The predicted molar refractivity (Wildman–Crippen MR) is 85.6 cm³/mol. The standard InChI is InChI=1S/C14H16BrNS2/c1-10-2-4-12(5-3-10)18-9-11(16)8-14-13(15)6-7-17-14/h2-7,11H,8-9,16H2,1H3. The molecule has 1 nitrogen and oxygen atoms in total. The highest BCUT2D eigenvalue weighted by Gasteiger charge is 2.08. The molecule has 1 unspecified atom stereocenters. The fourth-order valence-electron chi connectivity index (χ4n) is 1.61. The first-order valence-corrected chi connectivity index (χ1v) is 8.48. The lowest BCUT2D eigenvalue weighted by molar-refractivity contribution is 0.756. The molecule has 0 bridgehead atoms. The Kier molecular flexibility index (Phi) is 5.30. The van der Waals surface area contributed by atoms with Gasteiger partial charge in [0, 0.05) is 26.0 Å². The fourth-order valence-corrected chi connectivity index (χ4v) is 4.07. The third kappa shape index (κ3) is 4.12. The van der Waals surface area contributed by atoms with Gasteiger partial charge in [0.2, 0.25) is 0 Å². The van der Waals surface area contributed by atoms with Crippen LogP contribution in [0.25, 0.3) is 0 Å². The second-order valence-corrected chi connectivity index (χ2v) is 7.23. The Balaban J connectivity index is 1.83. The van der Waals surface area contributed by atoms with E-state index in [2.05, 4.69) is 58.6 Å². The number of hydrogen-bond donors (Lipinski definition) is 1. The van der Waals surface area contributed by atoms with Crippen molar-refractivity contribution in [1.29, 1.82) is 0 Å². The molecule has 0 aliphatic heterocycles. The molecule has 0 amide bonds. The van der Waals surface area contributed by atoms with Crippen molar-refractivity contribution >= 4 is 39.0 Å². The van der Waals surface area contributed by atoms with E-state index in [1.165, 1.54) is 19.8 Å². The Hall–Kier alpha value is -0.290. The van der Waals surface area contributed by atoms with Crippen LogP contribution in [0.3, 0.4) is 0 Å². The number of halogens is 1. The van der Waals surface area contributed by atoms with Gasteiger partial charge in [0.05, 0.1) is 0 Å². The summed E-state index contributed by atoms with van der Waals surface area (Å²) in [4.78, 5) is 2.63. The van der Waals surface area contributed by atoms with E-state index in [-0.39, 0.29) is 6.04 Å². The van der Waals surface area contributed by atoms with E-state index in [9.17, 15) is 0 Å². The van der Waals surface area contributed by atoms with E-state index in [4.69, 9.17) is 5.73 Å². The second-order valence-electron chi connectivity index (χ2n) is 4.28. The molecular weight excluding hydrogens is 326 g/mol. The minimum Gasteiger partial charge on any atom is -0.327 e. The average molecular weight is 342 g/mol. The van der Waals surface area contributed by atoms with Gasteiger partial charge < -0.3 is 5.73 Å². The molecule has 0 aliphatic carbocycles. The highest BCUT2D eigenvalue weighted by Crippen LogP contribution is 2.25. The van der Waals surface area contributed by atoms with Crippen LogP contribution in [0, 0.1) is 6.92 Å². The minimum atomic E-state index is 0.200. The first-order valence-electron chi connectivity index (χ1n) is 5.82.